The van der Waals surface area contributed by atoms with Gasteiger partial charge in [0.05, 0.1) is 13.7 Å². The van der Waals surface area contributed by atoms with Crippen molar-refractivity contribution in [3.8, 4) is 23.0 Å². The lowest BCUT2D eigenvalue weighted by Gasteiger charge is -2.31. The number of alkyl halides is 2. The highest BCUT2D eigenvalue weighted by Gasteiger charge is 2.44. The van der Waals surface area contributed by atoms with Gasteiger partial charge in [-0.25, -0.2) is 26.6 Å². The van der Waals surface area contributed by atoms with Crippen LogP contribution in [0.25, 0.3) is 22.4 Å². The third kappa shape index (κ3) is 4.96. The van der Waals surface area contributed by atoms with Crippen LogP contribution in [-0.2, 0) is 10.0 Å². The number of halogens is 3. The lowest BCUT2D eigenvalue weighted by Crippen LogP contribution is -2.52. The number of hydrogen-bond acceptors (Lipinski definition) is 8. The Labute approximate surface area is 215 Å². The number of H-pyrrole nitrogens is 1. The summed E-state index contributed by atoms with van der Waals surface area (Å²) in [6.07, 6.45) is -1.29. The summed E-state index contributed by atoms with van der Waals surface area (Å²) < 4.78 is 81.6. The van der Waals surface area contributed by atoms with Crippen molar-refractivity contribution in [2.75, 3.05) is 24.9 Å². The van der Waals surface area contributed by atoms with Gasteiger partial charge >= 0.3 is 0 Å². The average Bonchev–Trinajstić information content (AvgIpc) is 3.26. The molecule has 2 aromatic carbocycles. The second-order valence-corrected chi connectivity index (χ2v) is 10.4. The van der Waals surface area contributed by atoms with Crippen LogP contribution in [0.1, 0.15) is 12.1 Å². The Morgan fingerprint density at radius 3 is 2.61 bits per heavy atom. The number of benzene rings is 2. The minimum absolute atomic E-state index is 0.0268. The first-order valence-corrected chi connectivity index (χ1v) is 13.0. The molecule has 10 nitrogen and oxygen atoms in total. The van der Waals surface area contributed by atoms with Crippen LogP contribution in [0.4, 0.5) is 18.9 Å². The molecule has 2 aromatic heterocycles. The Hall–Kier alpha value is -3.91. The maximum absolute atomic E-state index is 14.4. The van der Waals surface area contributed by atoms with Crippen LogP contribution in [0.2, 0.25) is 0 Å². The molecule has 1 aliphatic rings. The number of aryl methyl sites for hydroxylation is 1. The van der Waals surface area contributed by atoms with E-state index in [0.29, 0.717) is 23.2 Å². The van der Waals surface area contributed by atoms with Gasteiger partial charge in [-0.05, 0) is 49.9 Å². The van der Waals surface area contributed by atoms with Crippen molar-refractivity contribution in [3.63, 3.8) is 0 Å². The van der Waals surface area contributed by atoms with Crippen LogP contribution in [0.15, 0.2) is 47.4 Å². The molecule has 200 valence electrons. The number of anilines is 1. The number of aromatic nitrogens is 4. The van der Waals surface area contributed by atoms with Crippen molar-refractivity contribution in [1.29, 1.82) is 0 Å². The molecule has 5 rings (SSSR count). The summed E-state index contributed by atoms with van der Waals surface area (Å²) >= 11 is 0. The molecule has 0 bridgehead atoms. The standard InChI is InChI=1S/C24H23F3N6O4S/c1-13-20-22(32-31-13)29-21(30-23(20)37-19-9-10-28-12-24(19,26)27)14-3-5-15(6-4-14)33-38(34,35)18-11-16(36-2)7-8-17(18)25/h3-8,11,19,28,33H,9-10,12H2,1-2H3,(H,29,30,31,32). The zero-order valence-corrected chi connectivity index (χ0v) is 21.1. The van der Waals surface area contributed by atoms with Crippen LogP contribution in [0.5, 0.6) is 11.6 Å². The lowest BCUT2D eigenvalue weighted by molar-refractivity contribution is -0.109. The molecule has 1 fully saturated rings. The molecule has 0 spiro atoms. The van der Waals surface area contributed by atoms with E-state index in [1.165, 1.54) is 37.4 Å². The Morgan fingerprint density at radius 1 is 1.13 bits per heavy atom. The van der Waals surface area contributed by atoms with Crippen LogP contribution >= 0.6 is 0 Å². The number of nitrogens with one attached hydrogen (secondary N) is 3. The summed E-state index contributed by atoms with van der Waals surface area (Å²) in [5, 5.41) is 9.94. The van der Waals surface area contributed by atoms with E-state index >= 15 is 0 Å². The highest BCUT2D eigenvalue weighted by atomic mass is 32.2. The van der Waals surface area contributed by atoms with E-state index in [0.717, 1.165) is 12.1 Å². The highest BCUT2D eigenvalue weighted by molar-refractivity contribution is 7.92. The summed E-state index contributed by atoms with van der Waals surface area (Å²) in [5.74, 6) is -3.72. The zero-order valence-electron chi connectivity index (χ0n) is 20.3. The van der Waals surface area contributed by atoms with E-state index in [2.05, 4.69) is 30.2 Å². The Bertz CT molecular complexity index is 1600. The van der Waals surface area contributed by atoms with E-state index in [-0.39, 0.29) is 35.2 Å². The normalized spacial score (nSPS) is 17.3. The maximum atomic E-state index is 14.4. The number of ether oxygens (including phenoxy) is 2. The summed E-state index contributed by atoms with van der Waals surface area (Å²) in [4.78, 5) is 8.23. The van der Waals surface area contributed by atoms with Crippen molar-refractivity contribution >= 4 is 26.7 Å². The van der Waals surface area contributed by atoms with E-state index < -0.39 is 39.3 Å². The van der Waals surface area contributed by atoms with Gasteiger partial charge in [0.15, 0.2) is 17.6 Å². The van der Waals surface area contributed by atoms with Gasteiger partial charge < -0.3 is 14.8 Å². The van der Waals surface area contributed by atoms with Crippen LogP contribution in [-0.4, -0.2) is 60.8 Å². The summed E-state index contributed by atoms with van der Waals surface area (Å²) in [7, 11) is -2.92. The molecule has 1 saturated heterocycles. The first-order chi connectivity index (χ1) is 18.1. The number of methoxy groups -OCH3 is 1. The zero-order chi connectivity index (χ0) is 27.1. The molecule has 0 radical (unpaired) electrons. The molecular formula is C24H23F3N6O4S. The number of aromatic amines is 1. The molecule has 0 aliphatic carbocycles. The number of piperidine rings is 1. The van der Waals surface area contributed by atoms with Crippen molar-refractivity contribution in [1.82, 2.24) is 25.5 Å². The summed E-state index contributed by atoms with van der Waals surface area (Å²) in [6.45, 7) is 1.58. The van der Waals surface area contributed by atoms with Crippen LogP contribution in [0.3, 0.4) is 0 Å². The number of hydrogen-bond donors (Lipinski definition) is 3. The number of fused-ring (bicyclic) bond motifs is 1. The fourth-order valence-electron chi connectivity index (χ4n) is 4.05. The predicted octanol–water partition coefficient (Wildman–Crippen LogP) is 3.65. The third-order valence-electron chi connectivity index (χ3n) is 6.05. The molecule has 0 saturated carbocycles. The third-order valence-corrected chi connectivity index (χ3v) is 7.45. The van der Waals surface area contributed by atoms with Gasteiger partial charge in [-0.3, -0.25) is 9.82 Å². The first kappa shape index (κ1) is 25.7. The number of nitrogens with zero attached hydrogens (tertiary/aromatic N) is 3. The van der Waals surface area contributed by atoms with Crippen LogP contribution < -0.4 is 19.5 Å². The molecular weight excluding hydrogens is 525 g/mol. The van der Waals surface area contributed by atoms with Gasteiger partial charge in [-0.1, -0.05) is 0 Å². The molecule has 3 heterocycles. The van der Waals surface area contributed by atoms with E-state index in [1.807, 2.05) is 0 Å². The van der Waals surface area contributed by atoms with Gasteiger partial charge in [0, 0.05) is 29.4 Å². The average molecular weight is 549 g/mol. The smallest absolute Gasteiger partial charge is 0.296 e. The van der Waals surface area contributed by atoms with Gasteiger partial charge in [-0.15, -0.1) is 0 Å². The monoisotopic (exact) mass is 548 g/mol. The van der Waals surface area contributed by atoms with E-state index in [4.69, 9.17) is 9.47 Å². The molecule has 4 aromatic rings. The fraction of sp³-hybridized carbons (Fsp3) is 0.292. The van der Waals surface area contributed by atoms with E-state index in [1.54, 1.807) is 6.92 Å². The minimum Gasteiger partial charge on any atom is -0.497 e. The van der Waals surface area contributed by atoms with Gasteiger partial charge in [-0.2, -0.15) is 10.1 Å². The second kappa shape index (κ2) is 9.76. The van der Waals surface area contributed by atoms with Gasteiger partial charge in [0.25, 0.3) is 15.9 Å². The molecule has 1 atom stereocenters. The Balaban J connectivity index is 1.44. The lowest BCUT2D eigenvalue weighted by atomic mass is 10.1. The second-order valence-electron chi connectivity index (χ2n) is 8.71. The Morgan fingerprint density at radius 2 is 1.89 bits per heavy atom. The largest absolute Gasteiger partial charge is 0.497 e. The van der Waals surface area contributed by atoms with E-state index in [9.17, 15) is 21.6 Å². The predicted molar refractivity (Wildman–Crippen MR) is 132 cm³/mol. The van der Waals surface area contributed by atoms with Crippen molar-refractivity contribution in [2.45, 2.75) is 30.3 Å². The summed E-state index contributed by atoms with van der Waals surface area (Å²) in [6, 6.07) is 9.33. The van der Waals surface area contributed by atoms with Gasteiger partial charge in [0.1, 0.15) is 21.8 Å². The molecule has 3 N–H and O–H groups in total. The molecule has 0 amide bonds. The molecule has 14 heteroatoms. The fourth-order valence-corrected chi connectivity index (χ4v) is 5.20. The molecule has 38 heavy (non-hydrogen) atoms. The highest BCUT2D eigenvalue weighted by Crippen LogP contribution is 2.33. The maximum Gasteiger partial charge on any atom is 0.296 e. The van der Waals surface area contributed by atoms with Crippen LogP contribution in [0, 0.1) is 12.7 Å². The minimum atomic E-state index is -4.26. The quantitative estimate of drug-likeness (QED) is 0.319. The molecule has 1 unspecified atom stereocenters. The Kier molecular flexibility index (Phi) is 6.61. The molecule has 1 aliphatic heterocycles. The van der Waals surface area contributed by atoms with Gasteiger partial charge in [0.2, 0.25) is 5.88 Å². The summed E-state index contributed by atoms with van der Waals surface area (Å²) in [5.41, 5.74) is 1.40. The number of sulfonamides is 1. The number of rotatable bonds is 7. The topological polar surface area (TPSA) is 131 Å². The van der Waals surface area contributed by atoms with Crippen molar-refractivity contribution in [2.24, 2.45) is 0 Å². The SMILES string of the molecule is COc1ccc(F)c(S(=O)(=O)Nc2ccc(-c3nc(OC4CCNCC4(F)F)c4c(C)[nH]nc4n3)cc2)c1. The van der Waals surface area contributed by atoms with Crippen molar-refractivity contribution in [3.05, 3.63) is 54.0 Å². The first-order valence-electron chi connectivity index (χ1n) is 11.5. The van der Waals surface area contributed by atoms with Crippen molar-refractivity contribution < 1.29 is 31.1 Å².